The van der Waals surface area contributed by atoms with Gasteiger partial charge in [-0.25, -0.2) is 0 Å². The molecule has 0 radical (unpaired) electrons. The van der Waals surface area contributed by atoms with Crippen molar-refractivity contribution in [3.8, 4) is 17.2 Å². The molecule has 1 saturated heterocycles. The molecule has 3 rings (SSSR count). The van der Waals surface area contributed by atoms with Crippen molar-refractivity contribution in [1.29, 1.82) is 0 Å². The van der Waals surface area contributed by atoms with Gasteiger partial charge in [-0.3, -0.25) is 0 Å². The van der Waals surface area contributed by atoms with E-state index in [0.717, 1.165) is 49.4 Å². The van der Waals surface area contributed by atoms with Crippen molar-refractivity contribution in [2.75, 3.05) is 26.3 Å². The normalized spacial score (nSPS) is 19.4. The van der Waals surface area contributed by atoms with E-state index in [-0.39, 0.29) is 0 Å². The van der Waals surface area contributed by atoms with Crippen molar-refractivity contribution >= 4 is 15.9 Å². The molecule has 1 fully saturated rings. The van der Waals surface area contributed by atoms with Gasteiger partial charge in [0.1, 0.15) is 19.0 Å². The molecule has 1 aromatic carbocycles. The molecule has 2 heterocycles. The van der Waals surface area contributed by atoms with Gasteiger partial charge in [-0.15, -0.1) is 0 Å². The fourth-order valence-electron chi connectivity index (χ4n) is 2.77. The van der Waals surface area contributed by atoms with Crippen LogP contribution in [0.25, 0.3) is 0 Å². The van der Waals surface area contributed by atoms with E-state index in [0.29, 0.717) is 29.4 Å². The Kier molecular flexibility index (Phi) is 3.84. The molecule has 2 aliphatic heterocycles. The number of aromatic hydroxyl groups is 1. The minimum atomic E-state index is 0.294. The molecule has 0 unspecified atom stereocenters. The number of hydrogen-bond donors (Lipinski definition) is 2. The van der Waals surface area contributed by atoms with Gasteiger partial charge in [0, 0.05) is 11.6 Å². The standard InChI is InChI=1S/C14H18BrNO3/c15-11-8-12-14(19-6-5-18-12)10(13(11)17)7-9-1-3-16-4-2-9/h8-9,16-17H,1-7H2. The summed E-state index contributed by atoms with van der Waals surface area (Å²) >= 11 is 3.39. The Labute approximate surface area is 121 Å². The van der Waals surface area contributed by atoms with Crippen LogP contribution in [-0.4, -0.2) is 31.4 Å². The van der Waals surface area contributed by atoms with E-state index in [9.17, 15) is 5.11 Å². The zero-order valence-corrected chi connectivity index (χ0v) is 12.3. The minimum Gasteiger partial charge on any atom is -0.506 e. The van der Waals surface area contributed by atoms with Crippen molar-refractivity contribution < 1.29 is 14.6 Å². The van der Waals surface area contributed by atoms with Crippen molar-refractivity contribution in [2.24, 2.45) is 5.92 Å². The van der Waals surface area contributed by atoms with Gasteiger partial charge in [0.25, 0.3) is 0 Å². The monoisotopic (exact) mass is 327 g/mol. The molecule has 19 heavy (non-hydrogen) atoms. The lowest BCUT2D eigenvalue weighted by Gasteiger charge is -2.26. The van der Waals surface area contributed by atoms with Gasteiger partial charge in [-0.05, 0) is 54.2 Å². The highest BCUT2D eigenvalue weighted by molar-refractivity contribution is 9.10. The van der Waals surface area contributed by atoms with Gasteiger partial charge in [-0.1, -0.05) is 0 Å². The van der Waals surface area contributed by atoms with Crippen LogP contribution in [0, 0.1) is 5.92 Å². The van der Waals surface area contributed by atoms with Crippen LogP contribution in [0.15, 0.2) is 10.5 Å². The van der Waals surface area contributed by atoms with Crippen LogP contribution in [0.5, 0.6) is 17.2 Å². The summed E-state index contributed by atoms with van der Waals surface area (Å²) in [7, 11) is 0. The van der Waals surface area contributed by atoms with Gasteiger partial charge >= 0.3 is 0 Å². The Morgan fingerprint density at radius 3 is 2.79 bits per heavy atom. The molecular weight excluding hydrogens is 310 g/mol. The third kappa shape index (κ3) is 2.67. The maximum atomic E-state index is 10.3. The van der Waals surface area contributed by atoms with Gasteiger partial charge in [0.15, 0.2) is 11.5 Å². The topological polar surface area (TPSA) is 50.7 Å². The summed E-state index contributed by atoms with van der Waals surface area (Å²) in [6.45, 7) is 3.22. The molecule has 0 atom stereocenters. The Morgan fingerprint density at radius 1 is 1.26 bits per heavy atom. The Morgan fingerprint density at radius 2 is 2.00 bits per heavy atom. The second-order valence-electron chi connectivity index (χ2n) is 5.11. The van der Waals surface area contributed by atoms with E-state index < -0.39 is 0 Å². The van der Waals surface area contributed by atoms with Crippen LogP contribution in [0.2, 0.25) is 0 Å². The van der Waals surface area contributed by atoms with Gasteiger partial charge in [0.05, 0.1) is 4.47 Å². The summed E-state index contributed by atoms with van der Waals surface area (Å²) in [6, 6.07) is 1.79. The second-order valence-corrected chi connectivity index (χ2v) is 5.96. The number of rotatable bonds is 2. The highest BCUT2D eigenvalue weighted by atomic mass is 79.9. The van der Waals surface area contributed by atoms with E-state index in [4.69, 9.17) is 9.47 Å². The first-order valence-electron chi connectivity index (χ1n) is 6.76. The number of nitrogens with one attached hydrogen (secondary N) is 1. The number of hydrogen-bond acceptors (Lipinski definition) is 4. The molecule has 2 N–H and O–H groups in total. The predicted octanol–water partition coefficient (Wildman–Crippen LogP) is 2.47. The quantitative estimate of drug-likeness (QED) is 0.876. The van der Waals surface area contributed by atoms with Crippen LogP contribution in [-0.2, 0) is 6.42 Å². The molecule has 0 bridgehead atoms. The third-order valence-corrected chi connectivity index (χ3v) is 4.41. The third-order valence-electron chi connectivity index (χ3n) is 3.81. The first-order valence-corrected chi connectivity index (χ1v) is 7.55. The number of halogens is 1. The largest absolute Gasteiger partial charge is 0.506 e. The van der Waals surface area contributed by atoms with Crippen LogP contribution >= 0.6 is 15.9 Å². The smallest absolute Gasteiger partial charge is 0.168 e. The maximum Gasteiger partial charge on any atom is 0.168 e. The van der Waals surface area contributed by atoms with E-state index in [1.54, 1.807) is 6.07 Å². The molecular formula is C14H18BrNO3. The van der Waals surface area contributed by atoms with Crippen molar-refractivity contribution in [1.82, 2.24) is 5.32 Å². The van der Waals surface area contributed by atoms with Gasteiger partial charge < -0.3 is 19.9 Å². The van der Waals surface area contributed by atoms with Gasteiger partial charge in [-0.2, -0.15) is 0 Å². The molecule has 0 saturated carbocycles. The lowest BCUT2D eigenvalue weighted by molar-refractivity contribution is 0.168. The van der Waals surface area contributed by atoms with Crippen LogP contribution in [0.4, 0.5) is 0 Å². The number of phenols is 1. The van der Waals surface area contributed by atoms with Gasteiger partial charge in [0.2, 0.25) is 0 Å². The summed E-state index contributed by atoms with van der Waals surface area (Å²) in [4.78, 5) is 0. The molecule has 2 aliphatic rings. The van der Waals surface area contributed by atoms with E-state index in [1.165, 1.54) is 0 Å². The number of ether oxygens (including phenoxy) is 2. The number of benzene rings is 1. The summed E-state index contributed by atoms with van der Waals surface area (Å²) in [6.07, 6.45) is 3.13. The first-order chi connectivity index (χ1) is 9.25. The summed E-state index contributed by atoms with van der Waals surface area (Å²) in [5, 5.41) is 13.6. The molecule has 1 aromatic rings. The molecule has 0 aromatic heterocycles. The highest BCUT2D eigenvalue weighted by Crippen LogP contribution is 2.45. The maximum absolute atomic E-state index is 10.3. The SMILES string of the molecule is Oc1c(Br)cc2c(c1CC1CCNCC1)OCCO2. The molecule has 0 amide bonds. The summed E-state index contributed by atoms with van der Waals surface area (Å²) in [5.74, 6) is 2.35. The fraction of sp³-hybridized carbons (Fsp3) is 0.571. The average molecular weight is 328 g/mol. The lowest BCUT2D eigenvalue weighted by Crippen LogP contribution is -2.29. The zero-order valence-electron chi connectivity index (χ0n) is 10.7. The molecule has 4 nitrogen and oxygen atoms in total. The molecule has 104 valence electrons. The fourth-order valence-corrected chi connectivity index (χ4v) is 3.22. The Hall–Kier alpha value is -0.940. The van der Waals surface area contributed by atoms with E-state index in [2.05, 4.69) is 21.2 Å². The molecule has 5 heteroatoms. The summed E-state index contributed by atoms with van der Waals surface area (Å²) < 4.78 is 12.0. The number of phenolic OH excluding ortho intramolecular Hbond substituents is 1. The zero-order chi connectivity index (χ0) is 13.2. The van der Waals surface area contributed by atoms with Crippen LogP contribution in [0.3, 0.4) is 0 Å². The highest BCUT2D eigenvalue weighted by Gasteiger charge is 2.25. The van der Waals surface area contributed by atoms with E-state index >= 15 is 0 Å². The summed E-state index contributed by atoms with van der Waals surface area (Å²) in [5.41, 5.74) is 0.885. The second kappa shape index (κ2) is 5.59. The van der Waals surface area contributed by atoms with E-state index in [1.807, 2.05) is 0 Å². The van der Waals surface area contributed by atoms with Crippen molar-refractivity contribution in [3.05, 3.63) is 16.1 Å². The average Bonchev–Trinajstić information content (AvgIpc) is 2.45. The Bertz CT molecular complexity index is 472. The first kappa shape index (κ1) is 13.1. The van der Waals surface area contributed by atoms with Crippen molar-refractivity contribution in [3.63, 3.8) is 0 Å². The predicted molar refractivity (Wildman–Crippen MR) is 76.1 cm³/mol. The molecule has 0 aliphatic carbocycles. The van der Waals surface area contributed by atoms with Crippen molar-refractivity contribution in [2.45, 2.75) is 19.3 Å². The Balaban J connectivity index is 1.91. The minimum absolute atomic E-state index is 0.294. The van der Waals surface area contributed by atoms with Crippen LogP contribution in [0.1, 0.15) is 18.4 Å². The molecule has 0 spiro atoms. The lowest BCUT2D eigenvalue weighted by atomic mass is 9.90. The number of piperidine rings is 1. The van der Waals surface area contributed by atoms with Crippen LogP contribution < -0.4 is 14.8 Å². The number of fused-ring (bicyclic) bond motifs is 1.